The van der Waals surface area contributed by atoms with E-state index in [2.05, 4.69) is 19.5 Å². The summed E-state index contributed by atoms with van der Waals surface area (Å²) in [7, 11) is -1.65. The van der Waals surface area contributed by atoms with Crippen LogP contribution in [0.25, 0.3) is 0 Å². The van der Waals surface area contributed by atoms with E-state index in [0.29, 0.717) is 0 Å². The molecule has 0 radical (unpaired) electrons. The van der Waals surface area contributed by atoms with Crippen molar-refractivity contribution in [2.45, 2.75) is 23.8 Å². The largest absolute Gasteiger partial charge is 0.465 e. The molecular weight excluding hydrogens is 372 g/mol. The summed E-state index contributed by atoms with van der Waals surface area (Å²) in [4.78, 5) is 23.2. The van der Waals surface area contributed by atoms with Gasteiger partial charge in [0.05, 0.1) is 30.2 Å². The molecule has 1 aromatic carbocycles. The monoisotopic (exact) mass is 392 g/mol. The van der Waals surface area contributed by atoms with Crippen molar-refractivity contribution in [1.29, 1.82) is 0 Å². The number of ether oxygens (including phenoxy) is 2. The number of rotatable bonds is 6. The first-order chi connectivity index (χ1) is 11.4. The summed E-state index contributed by atoms with van der Waals surface area (Å²) in [6, 6.07) is 3.71. The number of hydrogen-bond donors (Lipinski definition) is 2. The van der Waals surface area contributed by atoms with Crippen molar-refractivity contribution in [3.63, 3.8) is 0 Å². The highest BCUT2D eigenvalue weighted by atomic mass is 35.5. The summed E-state index contributed by atoms with van der Waals surface area (Å²) < 4.78 is 36.9. The minimum absolute atomic E-state index is 0. The third-order valence-corrected chi connectivity index (χ3v) is 5.24. The van der Waals surface area contributed by atoms with E-state index >= 15 is 0 Å². The zero-order valence-corrected chi connectivity index (χ0v) is 15.5. The predicted molar refractivity (Wildman–Crippen MR) is 92.6 cm³/mol. The fraction of sp³-hybridized carbons (Fsp3) is 0.467. The molecule has 1 saturated heterocycles. The van der Waals surface area contributed by atoms with Crippen LogP contribution in [0.15, 0.2) is 23.1 Å². The van der Waals surface area contributed by atoms with Gasteiger partial charge in [0, 0.05) is 12.6 Å². The van der Waals surface area contributed by atoms with Crippen LogP contribution in [-0.2, 0) is 19.5 Å². The molecule has 1 unspecified atom stereocenters. The molecule has 8 nitrogen and oxygen atoms in total. The van der Waals surface area contributed by atoms with Gasteiger partial charge in [0.2, 0.25) is 10.0 Å². The topological polar surface area (TPSA) is 111 Å². The van der Waals surface area contributed by atoms with Crippen molar-refractivity contribution in [3.8, 4) is 0 Å². The molecule has 0 aromatic heterocycles. The molecule has 140 valence electrons. The molecule has 0 spiro atoms. The first-order valence-electron chi connectivity index (χ1n) is 7.42. The summed E-state index contributed by atoms with van der Waals surface area (Å²) >= 11 is 0. The van der Waals surface area contributed by atoms with Crippen LogP contribution in [0.3, 0.4) is 0 Å². The Labute approximate surface area is 152 Å². The average Bonchev–Trinajstić information content (AvgIpc) is 3.11. The van der Waals surface area contributed by atoms with Gasteiger partial charge < -0.3 is 14.8 Å². The second kappa shape index (κ2) is 9.14. The summed E-state index contributed by atoms with van der Waals surface area (Å²) in [5.41, 5.74) is -0.110. The van der Waals surface area contributed by atoms with Crippen LogP contribution in [0, 0.1) is 0 Å². The van der Waals surface area contributed by atoms with Crippen LogP contribution in [0.2, 0.25) is 0 Å². The summed E-state index contributed by atoms with van der Waals surface area (Å²) in [5.74, 6) is -1.49. The maximum atomic E-state index is 12.6. The Morgan fingerprint density at radius 2 is 1.92 bits per heavy atom. The highest BCUT2D eigenvalue weighted by Gasteiger charge is 2.26. The summed E-state index contributed by atoms with van der Waals surface area (Å²) in [5, 5.41) is 3.18. The number of carbonyl (C=O) groups excluding carboxylic acids is 2. The standard InChI is InChI=1S/C15H20N2O6S.ClH/c1-22-14(18)10-5-6-12(15(19)23-2)13(8-10)24(20,21)17-9-11-4-3-7-16-11;/h5-6,8,11,16-17H,3-4,7,9H2,1-2H3;1H. The van der Waals surface area contributed by atoms with E-state index in [4.69, 9.17) is 0 Å². The van der Waals surface area contributed by atoms with Gasteiger partial charge in [0.1, 0.15) is 0 Å². The van der Waals surface area contributed by atoms with Gasteiger partial charge in [0.25, 0.3) is 0 Å². The zero-order valence-electron chi connectivity index (χ0n) is 13.9. The van der Waals surface area contributed by atoms with Gasteiger partial charge in [-0.15, -0.1) is 12.4 Å². The molecule has 25 heavy (non-hydrogen) atoms. The predicted octanol–water partition coefficient (Wildman–Crippen LogP) is 0.712. The Morgan fingerprint density at radius 3 is 2.48 bits per heavy atom. The van der Waals surface area contributed by atoms with Crippen molar-refractivity contribution in [2.75, 3.05) is 27.3 Å². The summed E-state index contributed by atoms with van der Waals surface area (Å²) in [6.45, 7) is 1.04. The molecule has 1 aromatic rings. The normalized spacial score (nSPS) is 16.8. The molecule has 1 atom stereocenters. The fourth-order valence-electron chi connectivity index (χ4n) is 2.49. The number of methoxy groups -OCH3 is 2. The lowest BCUT2D eigenvalue weighted by atomic mass is 10.1. The molecule has 1 heterocycles. The molecule has 0 bridgehead atoms. The van der Waals surface area contributed by atoms with Crippen molar-refractivity contribution < 1.29 is 27.5 Å². The van der Waals surface area contributed by atoms with Crippen LogP contribution >= 0.6 is 12.4 Å². The lowest BCUT2D eigenvalue weighted by Gasteiger charge is -2.14. The molecule has 0 amide bonds. The molecule has 10 heteroatoms. The maximum Gasteiger partial charge on any atom is 0.339 e. The van der Waals surface area contributed by atoms with Gasteiger partial charge in [0.15, 0.2) is 0 Å². The molecule has 2 rings (SSSR count). The molecule has 0 aliphatic carbocycles. The van der Waals surface area contributed by atoms with E-state index in [9.17, 15) is 18.0 Å². The van der Waals surface area contributed by atoms with Crippen LogP contribution in [0.1, 0.15) is 33.6 Å². The van der Waals surface area contributed by atoms with Crippen LogP contribution in [0.5, 0.6) is 0 Å². The number of carbonyl (C=O) groups is 2. The minimum atomic E-state index is -4.00. The maximum absolute atomic E-state index is 12.6. The second-order valence-electron chi connectivity index (χ2n) is 5.34. The molecule has 1 aliphatic heterocycles. The Balaban J connectivity index is 0.00000312. The van der Waals surface area contributed by atoms with E-state index in [0.717, 1.165) is 32.6 Å². The highest BCUT2D eigenvalue weighted by Crippen LogP contribution is 2.20. The molecule has 1 fully saturated rings. The van der Waals surface area contributed by atoms with Crippen molar-refractivity contribution in [3.05, 3.63) is 29.3 Å². The van der Waals surface area contributed by atoms with Gasteiger partial charge in [-0.05, 0) is 37.6 Å². The van der Waals surface area contributed by atoms with Crippen molar-refractivity contribution in [2.24, 2.45) is 0 Å². The average molecular weight is 393 g/mol. The number of halogens is 1. The molecule has 0 saturated carbocycles. The number of esters is 2. The van der Waals surface area contributed by atoms with E-state index in [-0.39, 0.29) is 41.0 Å². The van der Waals surface area contributed by atoms with E-state index in [1.54, 1.807) is 0 Å². The number of nitrogens with one attached hydrogen (secondary N) is 2. The van der Waals surface area contributed by atoms with Crippen LogP contribution in [-0.4, -0.2) is 53.7 Å². The van der Waals surface area contributed by atoms with Gasteiger partial charge in [-0.25, -0.2) is 22.7 Å². The minimum Gasteiger partial charge on any atom is -0.465 e. The number of sulfonamides is 1. The fourth-order valence-corrected chi connectivity index (χ4v) is 3.79. The van der Waals surface area contributed by atoms with E-state index < -0.39 is 22.0 Å². The summed E-state index contributed by atoms with van der Waals surface area (Å²) in [6.07, 6.45) is 1.85. The Hall–Kier alpha value is -1.68. The van der Waals surface area contributed by atoms with Crippen molar-refractivity contribution in [1.82, 2.24) is 10.0 Å². The third kappa shape index (κ3) is 5.15. The lowest BCUT2D eigenvalue weighted by molar-refractivity contribution is 0.0583. The van der Waals surface area contributed by atoms with Crippen LogP contribution in [0.4, 0.5) is 0 Å². The second-order valence-corrected chi connectivity index (χ2v) is 7.07. The smallest absolute Gasteiger partial charge is 0.339 e. The van der Waals surface area contributed by atoms with Gasteiger partial charge in [-0.2, -0.15) is 0 Å². The van der Waals surface area contributed by atoms with E-state index in [1.807, 2.05) is 0 Å². The van der Waals surface area contributed by atoms with Crippen LogP contribution < -0.4 is 10.0 Å². The molecule has 2 N–H and O–H groups in total. The number of benzene rings is 1. The lowest BCUT2D eigenvalue weighted by Crippen LogP contribution is -2.37. The third-order valence-electron chi connectivity index (χ3n) is 3.78. The molecular formula is C15H21ClN2O6S. The highest BCUT2D eigenvalue weighted by molar-refractivity contribution is 7.89. The van der Waals surface area contributed by atoms with Gasteiger partial charge in [-0.1, -0.05) is 0 Å². The first kappa shape index (κ1) is 21.4. The van der Waals surface area contributed by atoms with Gasteiger partial charge in [-0.3, -0.25) is 0 Å². The van der Waals surface area contributed by atoms with E-state index in [1.165, 1.54) is 19.2 Å². The first-order valence-corrected chi connectivity index (χ1v) is 8.91. The zero-order chi connectivity index (χ0) is 17.7. The Morgan fingerprint density at radius 1 is 1.24 bits per heavy atom. The Bertz CT molecular complexity index is 732. The SMILES string of the molecule is COC(=O)c1ccc(C(=O)OC)c(S(=O)(=O)NCC2CCCN2)c1.Cl. The molecule has 1 aliphatic rings. The van der Waals surface area contributed by atoms with Crippen molar-refractivity contribution >= 4 is 34.4 Å². The van der Waals surface area contributed by atoms with Gasteiger partial charge >= 0.3 is 11.9 Å². The Kier molecular flexibility index (Phi) is 7.81. The number of hydrogen-bond acceptors (Lipinski definition) is 7. The quantitative estimate of drug-likeness (QED) is 0.686.